The number of fused-ring (bicyclic) bond motifs is 2. The molecule has 0 fully saturated rings. The third-order valence-electron chi connectivity index (χ3n) is 14.0. The van der Waals surface area contributed by atoms with Crippen molar-refractivity contribution in [1.29, 1.82) is 0 Å². The van der Waals surface area contributed by atoms with Crippen LogP contribution >= 0.6 is 0 Å². The average molecular weight is 1010 g/mol. The monoisotopic (exact) mass is 1010 g/mol. The fourth-order valence-electron chi connectivity index (χ4n) is 11.1. The van der Waals surface area contributed by atoms with Gasteiger partial charge in [0.15, 0.2) is 0 Å². The standard InChI is InChI=1S/2C25H25OSi.C12H11Si.Zr/c2*1-25(2,3)23-18-19-12-10-11-17-22(19)24(23)26-27(20-13-6-4-7-14-20)21-15-8-5-9-16-21;1-3-7-11(8-4-1)13-12-9-5-2-6-10-12;/h2*4-18,27H,1-3H3;1-10,13H;. The zero-order valence-corrected chi connectivity index (χ0v) is 46.1. The molecule has 2 aliphatic carbocycles. The topological polar surface area (TPSA) is 18.5 Å². The van der Waals surface area contributed by atoms with Crippen LogP contribution < -0.4 is 31.1 Å². The van der Waals surface area contributed by atoms with Crippen molar-refractivity contribution in [2.75, 3.05) is 0 Å². The first-order valence-corrected chi connectivity index (χ1v) is 35.9. The van der Waals surface area contributed by atoms with Crippen LogP contribution in [0.4, 0.5) is 0 Å². The Morgan fingerprint density at radius 3 is 0.853 bits per heavy atom. The number of hydrogen-bond acceptors (Lipinski definition) is 2. The molecule has 68 heavy (non-hydrogen) atoms. The van der Waals surface area contributed by atoms with Gasteiger partial charge in [0.2, 0.25) is 0 Å². The summed E-state index contributed by atoms with van der Waals surface area (Å²) in [6, 6.07) is 86.9. The summed E-state index contributed by atoms with van der Waals surface area (Å²) in [5.74, 6) is -2.43. The molecular formula is C62H61O2Si3Zr. The van der Waals surface area contributed by atoms with Gasteiger partial charge in [0.1, 0.15) is 0 Å². The van der Waals surface area contributed by atoms with Gasteiger partial charge in [-0.05, 0) is 0 Å². The van der Waals surface area contributed by atoms with Crippen molar-refractivity contribution in [3.8, 4) is 0 Å². The molecule has 10 rings (SSSR count). The predicted molar refractivity (Wildman–Crippen MR) is 291 cm³/mol. The van der Waals surface area contributed by atoms with Crippen molar-refractivity contribution < 1.29 is 29.8 Å². The zero-order chi connectivity index (χ0) is 46.9. The minimum absolute atomic E-state index is 0.288. The summed E-state index contributed by atoms with van der Waals surface area (Å²) in [6.45, 7) is 14.6. The van der Waals surface area contributed by atoms with E-state index in [4.69, 9.17) is 8.85 Å². The van der Waals surface area contributed by atoms with Gasteiger partial charge in [0, 0.05) is 0 Å². The zero-order valence-electron chi connectivity index (χ0n) is 40.1. The predicted octanol–water partition coefficient (Wildman–Crippen LogP) is 9.84. The van der Waals surface area contributed by atoms with E-state index in [1.165, 1.54) is 64.5 Å². The van der Waals surface area contributed by atoms with Gasteiger partial charge >= 0.3 is 420 Å². The van der Waals surface area contributed by atoms with Crippen LogP contribution in [0.1, 0.15) is 63.8 Å². The summed E-state index contributed by atoms with van der Waals surface area (Å²) < 4.78 is 16.4. The third kappa shape index (κ3) is 8.59. The molecule has 0 radical (unpaired) electrons. The molecule has 0 aromatic heterocycles. The Morgan fingerprint density at radius 1 is 0.324 bits per heavy atom. The first kappa shape index (κ1) is 46.4. The SMILES string of the molecule is CC(C)(C)C1=Cc2ccccc2[C]1(O[SiH](c1ccccc1)c1ccccc1)[Zr]([SiH](c1ccccc1)c1ccccc1)[C]1(O[SiH](c2ccccc2)c2ccccc2)C(C(C)(C)C)=Cc2ccccc21. The average Bonchev–Trinajstić information content (AvgIpc) is 3.90. The van der Waals surface area contributed by atoms with Crippen molar-refractivity contribution in [3.05, 3.63) is 264 Å². The summed E-state index contributed by atoms with van der Waals surface area (Å²) in [4.78, 5) is 0. The van der Waals surface area contributed by atoms with Gasteiger partial charge < -0.3 is 0 Å². The molecule has 0 spiro atoms. The Kier molecular flexibility index (Phi) is 13.1. The second-order valence-corrected chi connectivity index (χ2v) is 40.5. The van der Waals surface area contributed by atoms with Crippen LogP contribution in [0.3, 0.4) is 0 Å². The molecule has 2 aliphatic rings. The Bertz CT molecular complexity index is 2760. The molecule has 2 atom stereocenters. The molecule has 0 amide bonds. The van der Waals surface area contributed by atoms with Gasteiger partial charge in [-0.25, -0.2) is 0 Å². The van der Waals surface area contributed by atoms with Crippen molar-refractivity contribution in [2.24, 2.45) is 10.8 Å². The van der Waals surface area contributed by atoms with E-state index in [2.05, 4.69) is 284 Å². The first-order chi connectivity index (χ1) is 33.0. The van der Waals surface area contributed by atoms with Crippen LogP contribution in [0, 0.1) is 10.8 Å². The van der Waals surface area contributed by atoms with E-state index in [-0.39, 0.29) is 10.8 Å². The summed E-state index contributed by atoms with van der Waals surface area (Å²) in [5, 5.41) is 8.03. The summed E-state index contributed by atoms with van der Waals surface area (Å²) >= 11 is -4.05. The summed E-state index contributed by atoms with van der Waals surface area (Å²) in [5.41, 5.74) is 7.34. The van der Waals surface area contributed by atoms with Crippen molar-refractivity contribution in [2.45, 2.75) is 48.2 Å². The molecule has 2 unspecified atom stereocenters. The Morgan fingerprint density at radius 2 is 0.574 bits per heavy atom. The second-order valence-electron chi connectivity index (χ2n) is 20.5. The molecule has 8 aromatic rings. The maximum atomic E-state index is 9.03. The number of hydrogen-bond donors (Lipinski definition) is 0. The van der Waals surface area contributed by atoms with E-state index in [0.717, 1.165) is 0 Å². The maximum absolute atomic E-state index is 9.03. The normalized spacial score (nSPS) is 17.8. The van der Waals surface area contributed by atoms with Gasteiger partial charge in [-0.3, -0.25) is 0 Å². The number of rotatable bonds is 13. The molecule has 2 nitrogen and oxygen atoms in total. The van der Waals surface area contributed by atoms with Crippen molar-refractivity contribution >= 4 is 67.3 Å². The Balaban J connectivity index is 1.43. The summed E-state index contributed by atoms with van der Waals surface area (Å²) in [6.07, 6.45) is 5.13. The van der Waals surface area contributed by atoms with E-state index in [9.17, 15) is 0 Å². The van der Waals surface area contributed by atoms with Crippen molar-refractivity contribution in [1.82, 2.24) is 0 Å². The van der Waals surface area contributed by atoms with E-state index in [1.54, 1.807) is 0 Å². The molecule has 8 aromatic carbocycles. The van der Waals surface area contributed by atoms with Crippen LogP contribution in [-0.2, 0) is 36.4 Å². The Hall–Kier alpha value is -5.31. The molecule has 0 saturated heterocycles. The quantitative estimate of drug-likeness (QED) is 0.107. The van der Waals surface area contributed by atoms with Gasteiger partial charge in [-0.2, -0.15) is 0 Å². The minimum atomic E-state index is -4.05. The van der Waals surface area contributed by atoms with E-state index in [1.807, 2.05) is 0 Å². The number of benzene rings is 8. The molecule has 0 bridgehead atoms. The van der Waals surface area contributed by atoms with Crippen LogP contribution in [0.2, 0.25) is 0 Å². The van der Waals surface area contributed by atoms with E-state index >= 15 is 0 Å². The van der Waals surface area contributed by atoms with Gasteiger partial charge in [-0.1, -0.05) is 0 Å². The van der Waals surface area contributed by atoms with Gasteiger partial charge in [0.05, 0.1) is 0 Å². The molecular weight excluding hydrogens is 952 g/mol. The van der Waals surface area contributed by atoms with Crippen LogP contribution in [0.15, 0.2) is 242 Å². The van der Waals surface area contributed by atoms with Gasteiger partial charge in [0.25, 0.3) is 0 Å². The van der Waals surface area contributed by atoms with Crippen LogP contribution in [-0.4, -0.2) is 24.0 Å². The fourth-order valence-corrected chi connectivity index (χ4v) is 50.1. The van der Waals surface area contributed by atoms with Gasteiger partial charge in [-0.15, -0.1) is 0 Å². The van der Waals surface area contributed by atoms with E-state index < -0.39 is 51.5 Å². The van der Waals surface area contributed by atoms with Crippen LogP contribution in [0.25, 0.3) is 12.2 Å². The summed E-state index contributed by atoms with van der Waals surface area (Å²) in [7, 11) is -5.07. The second kappa shape index (κ2) is 19.2. The molecule has 6 heteroatoms. The van der Waals surface area contributed by atoms with Crippen LogP contribution in [0.5, 0.6) is 0 Å². The molecule has 0 aliphatic heterocycles. The molecule has 0 saturated carbocycles. The first-order valence-electron chi connectivity index (χ1n) is 24.2. The third-order valence-corrected chi connectivity index (χ3v) is 43.9. The fraction of sp³-hybridized carbons (Fsp3) is 0.161. The Labute approximate surface area is 416 Å². The van der Waals surface area contributed by atoms with Crippen molar-refractivity contribution in [3.63, 3.8) is 0 Å². The molecule has 337 valence electrons. The van der Waals surface area contributed by atoms with E-state index in [0.29, 0.717) is 0 Å². The molecule has 0 heterocycles. The molecule has 0 N–H and O–H groups in total.